The Hall–Kier alpha value is -2.36. The number of pyridine rings is 1. The maximum absolute atomic E-state index is 13.7. The fourth-order valence-electron chi connectivity index (χ4n) is 4.35. The topological polar surface area (TPSA) is 20.5 Å². The zero-order valence-electron chi connectivity index (χ0n) is 14.5. The van der Waals surface area contributed by atoms with Gasteiger partial charge in [0.15, 0.2) is 0 Å². The van der Waals surface area contributed by atoms with Crippen LogP contribution < -0.4 is 4.90 Å². The Morgan fingerprint density at radius 3 is 2.62 bits per heavy atom. The van der Waals surface area contributed by atoms with Gasteiger partial charge >= 0.3 is 0 Å². The van der Waals surface area contributed by atoms with Crippen LogP contribution in [0.25, 0.3) is 5.65 Å². The van der Waals surface area contributed by atoms with Crippen molar-refractivity contribution in [2.24, 2.45) is 0 Å². The summed E-state index contributed by atoms with van der Waals surface area (Å²) in [6, 6.07) is 11.2. The van der Waals surface area contributed by atoms with E-state index in [1.54, 1.807) is 12.1 Å². The summed E-state index contributed by atoms with van der Waals surface area (Å²) in [7, 11) is 0. The second-order valence-electron chi connectivity index (χ2n) is 7.75. The highest BCUT2D eigenvalue weighted by molar-refractivity contribution is 5.58. The minimum atomic E-state index is -0.275. The molecule has 0 aliphatic carbocycles. The van der Waals surface area contributed by atoms with E-state index < -0.39 is 0 Å². The van der Waals surface area contributed by atoms with E-state index in [9.17, 15) is 4.39 Å². The lowest BCUT2D eigenvalue weighted by Crippen LogP contribution is -2.59. The van der Waals surface area contributed by atoms with Crippen molar-refractivity contribution < 1.29 is 4.39 Å². The molecule has 1 aliphatic rings. The van der Waals surface area contributed by atoms with Crippen molar-refractivity contribution in [3.63, 3.8) is 0 Å². The summed E-state index contributed by atoms with van der Waals surface area (Å²) in [4.78, 5) is 7.20. The van der Waals surface area contributed by atoms with Gasteiger partial charge in [0.2, 0.25) is 0 Å². The molecule has 0 saturated carbocycles. The first-order valence-corrected chi connectivity index (χ1v) is 8.32. The summed E-state index contributed by atoms with van der Waals surface area (Å²) in [5, 5.41) is 0. The van der Waals surface area contributed by atoms with Gasteiger partial charge in [0.25, 0.3) is 0 Å². The molecule has 3 nitrogen and oxygen atoms in total. The summed E-state index contributed by atoms with van der Waals surface area (Å²) in [5.41, 5.74) is 2.75. The minimum absolute atomic E-state index is 0.164. The van der Waals surface area contributed by atoms with Crippen molar-refractivity contribution in [1.29, 1.82) is 0 Å². The number of anilines is 1. The summed E-state index contributed by atoms with van der Waals surface area (Å²) in [6.45, 7) is 8.78. The third kappa shape index (κ3) is 2.13. The van der Waals surface area contributed by atoms with Gasteiger partial charge in [0.1, 0.15) is 17.3 Å². The van der Waals surface area contributed by atoms with E-state index in [0.717, 1.165) is 23.4 Å². The second kappa shape index (κ2) is 4.82. The Morgan fingerprint density at radius 2 is 1.88 bits per heavy atom. The molecule has 24 heavy (non-hydrogen) atoms. The molecule has 1 aromatic carbocycles. The maximum atomic E-state index is 13.7. The third-order valence-electron chi connectivity index (χ3n) is 5.09. The zero-order valence-corrected chi connectivity index (χ0v) is 14.5. The molecule has 0 amide bonds. The summed E-state index contributed by atoms with van der Waals surface area (Å²) < 4.78 is 15.8. The number of fused-ring (bicyclic) bond motifs is 2. The van der Waals surface area contributed by atoms with Crippen LogP contribution in [0.3, 0.4) is 0 Å². The molecule has 2 aromatic heterocycles. The Labute approximate surface area is 141 Å². The van der Waals surface area contributed by atoms with Crippen molar-refractivity contribution in [2.75, 3.05) is 4.90 Å². The van der Waals surface area contributed by atoms with Gasteiger partial charge < -0.3 is 9.30 Å². The van der Waals surface area contributed by atoms with Gasteiger partial charge in [-0.15, -0.1) is 0 Å². The first-order chi connectivity index (χ1) is 11.3. The van der Waals surface area contributed by atoms with E-state index in [0.29, 0.717) is 0 Å². The average molecular weight is 323 g/mol. The van der Waals surface area contributed by atoms with Gasteiger partial charge in [0.05, 0.1) is 11.7 Å². The van der Waals surface area contributed by atoms with Crippen molar-refractivity contribution in [1.82, 2.24) is 9.38 Å². The maximum Gasteiger partial charge on any atom is 0.149 e. The highest BCUT2D eigenvalue weighted by Crippen LogP contribution is 2.45. The van der Waals surface area contributed by atoms with Gasteiger partial charge in [0, 0.05) is 11.7 Å². The Bertz CT molecular complexity index is 891. The average Bonchev–Trinajstić information content (AvgIpc) is 2.87. The van der Waals surface area contributed by atoms with E-state index in [4.69, 9.17) is 4.98 Å². The Balaban J connectivity index is 1.91. The number of benzene rings is 1. The molecular weight excluding hydrogens is 301 g/mol. The predicted octanol–water partition coefficient (Wildman–Crippen LogP) is 4.55. The smallest absolute Gasteiger partial charge is 0.149 e. The monoisotopic (exact) mass is 323 g/mol. The van der Waals surface area contributed by atoms with Crippen molar-refractivity contribution in [3.8, 4) is 0 Å². The predicted molar refractivity (Wildman–Crippen MR) is 94.9 cm³/mol. The lowest BCUT2D eigenvalue weighted by Gasteiger charge is -2.54. The lowest BCUT2D eigenvalue weighted by atomic mass is 9.75. The van der Waals surface area contributed by atoms with Crippen LogP contribution >= 0.6 is 0 Å². The van der Waals surface area contributed by atoms with Gasteiger partial charge in [-0.2, -0.15) is 0 Å². The number of aromatic nitrogens is 2. The molecule has 0 saturated heterocycles. The van der Waals surface area contributed by atoms with Gasteiger partial charge in [-0.05, 0) is 69.5 Å². The van der Waals surface area contributed by atoms with Gasteiger partial charge in [-0.3, -0.25) is 0 Å². The summed E-state index contributed by atoms with van der Waals surface area (Å²) in [5.74, 6) is 0.785. The number of imidazole rings is 1. The first kappa shape index (κ1) is 15.2. The van der Waals surface area contributed by atoms with Crippen LogP contribution in [0.2, 0.25) is 0 Å². The van der Waals surface area contributed by atoms with Crippen LogP contribution in [0, 0.1) is 5.82 Å². The molecule has 4 rings (SSSR count). The summed E-state index contributed by atoms with van der Waals surface area (Å²) in [6.07, 6.45) is 4.88. The largest absolute Gasteiger partial charge is 0.341 e. The van der Waals surface area contributed by atoms with Gasteiger partial charge in [-0.1, -0.05) is 12.1 Å². The van der Waals surface area contributed by atoms with Crippen molar-refractivity contribution in [2.45, 2.75) is 45.2 Å². The second-order valence-corrected chi connectivity index (χ2v) is 7.75. The number of rotatable bonds is 1. The van der Waals surface area contributed by atoms with Crippen molar-refractivity contribution >= 4 is 11.5 Å². The van der Waals surface area contributed by atoms with Crippen LogP contribution in [-0.2, 0) is 12.0 Å². The third-order valence-corrected chi connectivity index (χ3v) is 5.09. The molecule has 4 heteroatoms. The van der Waals surface area contributed by atoms with E-state index in [1.165, 1.54) is 5.56 Å². The number of hydrogen-bond acceptors (Lipinski definition) is 2. The van der Waals surface area contributed by atoms with Crippen LogP contribution in [0.15, 0.2) is 48.8 Å². The van der Waals surface area contributed by atoms with E-state index in [1.807, 2.05) is 34.9 Å². The lowest BCUT2D eigenvalue weighted by molar-refractivity contribution is 0.311. The SMILES string of the molecule is CC1(C)Cc2cc(F)ccc2C(C)(C)N1c1cn2ccccc2n1. The Kier molecular flexibility index (Phi) is 3.05. The number of nitrogens with zero attached hydrogens (tertiary/aromatic N) is 3. The molecule has 0 radical (unpaired) electrons. The molecule has 124 valence electrons. The molecule has 0 unspecified atom stereocenters. The quantitative estimate of drug-likeness (QED) is 0.655. The molecule has 3 heterocycles. The standard InChI is InChI=1S/C20H22FN3/c1-19(2)12-14-11-15(21)8-9-16(14)20(3,4)24(19)18-13-23-10-6-5-7-17(23)22-18/h5-11,13H,12H2,1-4H3. The molecule has 1 aliphatic heterocycles. The molecule has 0 spiro atoms. The highest BCUT2D eigenvalue weighted by atomic mass is 19.1. The first-order valence-electron chi connectivity index (χ1n) is 8.32. The minimum Gasteiger partial charge on any atom is -0.341 e. The zero-order chi connectivity index (χ0) is 17.1. The van der Waals surface area contributed by atoms with Crippen LogP contribution in [0.4, 0.5) is 10.2 Å². The summed E-state index contributed by atoms with van der Waals surface area (Å²) >= 11 is 0. The molecule has 0 atom stereocenters. The van der Waals surface area contributed by atoms with E-state index in [-0.39, 0.29) is 16.9 Å². The molecule has 0 fully saturated rings. The van der Waals surface area contributed by atoms with Crippen LogP contribution in [-0.4, -0.2) is 14.9 Å². The van der Waals surface area contributed by atoms with Crippen LogP contribution in [0.1, 0.15) is 38.8 Å². The van der Waals surface area contributed by atoms with Crippen LogP contribution in [0.5, 0.6) is 0 Å². The molecular formula is C20H22FN3. The normalized spacial score (nSPS) is 18.6. The molecule has 0 N–H and O–H groups in total. The van der Waals surface area contributed by atoms with Crippen molar-refractivity contribution in [3.05, 3.63) is 65.7 Å². The number of halogens is 1. The number of hydrogen-bond donors (Lipinski definition) is 0. The molecule has 0 bridgehead atoms. The van der Waals surface area contributed by atoms with E-state index in [2.05, 4.69) is 38.8 Å². The highest BCUT2D eigenvalue weighted by Gasteiger charge is 2.45. The fourth-order valence-corrected chi connectivity index (χ4v) is 4.35. The fraction of sp³-hybridized carbons (Fsp3) is 0.350. The van der Waals surface area contributed by atoms with E-state index >= 15 is 0 Å². The Morgan fingerprint density at radius 1 is 1.08 bits per heavy atom. The molecule has 3 aromatic rings. The van der Waals surface area contributed by atoms with Gasteiger partial charge in [-0.25, -0.2) is 9.37 Å².